The Balaban J connectivity index is 0.00000480. The van der Waals surface area contributed by atoms with Gasteiger partial charge in [0.15, 0.2) is 15.8 Å². The maximum absolute atomic E-state index is 12.3. The lowest BCUT2D eigenvalue weighted by Crippen LogP contribution is -2.37. The first-order chi connectivity index (χ1) is 14.4. The number of hydrogen-bond acceptors (Lipinski definition) is 4. The number of halogens is 1. The van der Waals surface area contributed by atoms with Crippen LogP contribution in [0.3, 0.4) is 0 Å². The molecule has 0 atom stereocenters. The quantitative estimate of drug-likeness (QED) is 0.188. The summed E-state index contributed by atoms with van der Waals surface area (Å²) >= 11 is 0. The molecule has 2 rings (SSSR count). The summed E-state index contributed by atoms with van der Waals surface area (Å²) < 4.78 is 30.4. The average molecular weight is 560 g/mol. The van der Waals surface area contributed by atoms with Gasteiger partial charge in [-0.25, -0.2) is 8.42 Å². The van der Waals surface area contributed by atoms with Crippen LogP contribution < -0.4 is 15.4 Å². The molecule has 8 heteroatoms. The molecule has 0 aliphatic carbocycles. The standard InChI is InChI=1S/C23H33N3O3S.HI/c1-4-14-29-22-16-19(2)11-12-21(22)17-26-23(24-3)25-13-8-15-30(27,28)18-20-9-6-5-7-10-20;/h5-7,9-12,16H,4,8,13-15,17-18H2,1-3H3,(H2,24,25,26);1H. The molecular formula is C23H34IN3O3S. The van der Waals surface area contributed by atoms with Crippen LogP contribution in [0.1, 0.15) is 36.5 Å². The number of benzene rings is 2. The minimum absolute atomic E-state index is 0. The van der Waals surface area contributed by atoms with E-state index in [4.69, 9.17) is 4.74 Å². The predicted octanol–water partition coefficient (Wildman–Crippen LogP) is 4.07. The van der Waals surface area contributed by atoms with Crippen molar-refractivity contribution in [2.24, 2.45) is 4.99 Å². The lowest BCUT2D eigenvalue weighted by Gasteiger charge is -2.15. The zero-order chi connectivity index (χ0) is 21.8. The van der Waals surface area contributed by atoms with Crippen LogP contribution in [0.25, 0.3) is 0 Å². The van der Waals surface area contributed by atoms with Crippen molar-refractivity contribution in [1.82, 2.24) is 10.6 Å². The number of nitrogens with zero attached hydrogens (tertiary/aromatic N) is 1. The molecule has 0 bridgehead atoms. The van der Waals surface area contributed by atoms with Crippen LogP contribution in [0.15, 0.2) is 53.5 Å². The first-order valence-electron chi connectivity index (χ1n) is 10.3. The molecule has 172 valence electrons. The Morgan fingerprint density at radius 2 is 1.84 bits per heavy atom. The first-order valence-corrected chi connectivity index (χ1v) is 12.2. The molecule has 0 heterocycles. The molecule has 0 spiro atoms. The van der Waals surface area contributed by atoms with Crippen LogP contribution in [0, 0.1) is 6.92 Å². The SMILES string of the molecule is CCCOc1cc(C)ccc1CNC(=NC)NCCCS(=O)(=O)Cc1ccccc1.I. The Morgan fingerprint density at radius 3 is 2.52 bits per heavy atom. The van der Waals surface area contributed by atoms with Crippen LogP contribution in [-0.2, 0) is 22.1 Å². The number of aliphatic imine (C=N–C) groups is 1. The maximum atomic E-state index is 12.3. The highest BCUT2D eigenvalue weighted by Gasteiger charge is 2.12. The van der Waals surface area contributed by atoms with Gasteiger partial charge < -0.3 is 15.4 Å². The van der Waals surface area contributed by atoms with Crippen molar-refractivity contribution in [1.29, 1.82) is 0 Å². The zero-order valence-electron chi connectivity index (χ0n) is 18.6. The summed E-state index contributed by atoms with van der Waals surface area (Å²) in [7, 11) is -1.43. The zero-order valence-corrected chi connectivity index (χ0v) is 21.7. The van der Waals surface area contributed by atoms with Gasteiger partial charge in [0.1, 0.15) is 5.75 Å². The van der Waals surface area contributed by atoms with Crippen molar-refractivity contribution in [2.45, 2.75) is 39.0 Å². The van der Waals surface area contributed by atoms with Gasteiger partial charge in [-0.2, -0.15) is 0 Å². The van der Waals surface area contributed by atoms with Crippen molar-refractivity contribution in [2.75, 3.05) is 26.0 Å². The van der Waals surface area contributed by atoms with E-state index in [1.807, 2.05) is 43.3 Å². The molecule has 2 aromatic rings. The molecule has 0 unspecified atom stereocenters. The average Bonchev–Trinajstić information content (AvgIpc) is 2.73. The predicted molar refractivity (Wildman–Crippen MR) is 139 cm³/mol. The van der Waals surface area contributed by atoms with Gasteiger partial charge in [-0.1, -0.05) is 49.4 Å². The fraction of sp³-hybridized carbons (Fsp3) is 0.435. The smallest absolute Gasteiger partial charge is 0.191 e. The Hall–Kier alpha value is -1.81. The minimum Gasteiger partial charge on any atom is -0.493 e. The van der Waals surface area contributed by atoms with E-state index in [9.17, 15) is 8.42 Å². The molecule has 31 heavy (non-hydrogen) atoms. The van der Waals surface area contributed by atoms with Crippen molar-refractivity contribution in [3.63, 3.8) is 0 Å². The van der Waals surface area contributed by atoms with Gasteiger partial charge in [0.25, 0.3) is 0 Å². The van der Waals surface area contributed by atoms with Gasteiger partial charge >= 0.3 is 0 Å². The normalized spacial score (nSPS) is 11.5. The summed E-state index contributed by atoms with van der Waals surface area (Å²) in [6, 6.07) is 15.4. The number of aryl methyl sites for hydroxylation is 1. The van der Waals surface area contributed by atoms with Crippen LogP contribution in [0.2, 0.25) is 0 Å². The van der Waals surface area contributed by atoms with E-state index in [0.29, 0.717) is 32.1 Å². The number of nitrogens with one attached hydrogen (secondary N) is 2. The number of sulfone groups is 1. The minimum atomic E-state index is -3.13. The van der Waals surface area contributed by atoms with Gasteiger partial charge in [-0.3, -0.25) is 4.99 Å². The molecule has 0 fully saturated rings. The van der Waals surface area contributed by atoms with Gasteiger partial charge in [0.05, 0.1) is 18.1 Å². The highest BCUT2D eigenvalue weighted by Crippen LogP contribution is 2.20. The summed E-state index contributed by atoms with van der Waals surface area (Å²) in [5, 5.41) is 6.45. The highest BCUT2D eigenvalue weighted by molar-refractivity contribution is 14.0. The van der Waals surface area contributed by atoms with Gasteiger partial charge in [0.2, 0.25) is 0 Å². The molecule has 0 radical (unpaired) electrons. The fourth-order valence-corrected chi connectivity index (χ4v) is 4.38. The van der Waals surface area contributed by atoms with E-state index in [-0.39, 0.29) is 35.5 Å². The second-order valence-electron chi connectivity index (χ2n) is 7.24. The van der Waals surface area contributed by atoms with E-state index in [2.05, 4.69) is 34.7 Å². The van der Waals surface area contributed by atoms with Crippen LogP contribution in [-0.4, -0.2) is 40.3 Å². The molecule has 2 N–H and O–H groups in total. The summed E-state index contributed by atoms with van der Waals surface area (Å²) in [5.41, 5.74) is 3.04. The highest BCUT2D eigenvalue weighted by atomic mass is 127. The molecule has 0 saturated heterocycles. The van der Waals surface area contributed by atoms with Crippen molar-refractivity contribution in [3.05, 3.63) is 65.2 Å². The molecule has 0 saturated carbocycles. The summed E-state index contributed by atoms with van der Waals surface area (Å²) in [4.78, 5) is 4.22. The molecule has 0 aliphatic rings. The van der Waals surface area contributed by atoms with E-state index < -0.39 is 9.84 Å². The Morgan fingerprint density at radius 1 is 1.10 bits per heavy atom. The van der Waals surface area contributed by atoms with Crippen LogP contribution >= 0.6 is 24.0 Å². The van der Waals surface area contributed by atoms with Crippen molar-refractivity contribution >= 4 is 39.8 Å². The lowest BCUT2D eigenvalue weighted by molar-refractivity contribution is 0.313. The van der Waals surface area contributed by atoms with Crippen LogP contribution in [0.4, 0.5) is 0 Å². The number of rotatable bonds is 11. The third-order valence-corrected chi connectivity index (χ3v) is 6.19. The van der Waals surface area contributed by atoms with Gasteiger partial charge in [-0.05, 0) is 37.0 Å². The topological polar surface area (TPSA) is 79.8 Å². The Labute approximate surface area is 203 Å². The maximum Gasteiger partial charge on any atom is 0.191 e. The van der Waals surface area contributed by atoms with E-state index in [1.165, 1.54) is 0 Å². The molecule has 0 aromatic heterocycles. The first kappa shape index (κ1) is 27.2. The lowest BCUT2D eigenvalue weighted by atomic mass is 10.1. The number of ether oxygens (including phenoxy) is 1. The molecule has 2 aromatic carbocycles. The fourth-order valence-electron chi connectivity index (χ4n) is 2.95. The Bertz CT molecular complexity index is 919. The second kappa shape index (κ2) is 14.3. The largest absolute Gasteiger partial charge is 0.493 e. The van der Waals surface area contributed by atoms with E-state index in [1.54, 1.807) is 7.05 Å². The van der Waals surface area contributed by atoms with Crippen molar-refractivity contribution < 1.29 is 13.2 Å². The molecule has 0 amide bonds. The summed E-state index contributed by atoms with van der Waals surface area (Å²) in [5.74, 6) is 1.73. The molecule has 0 aliphatic heterocycles. The van der Waals surface area contributed by atoms with Crippen LogP contribution in [0.5, 0.6) is 5.75 Å². The summed E-state index contributed by atoms with van der Waals surface area (Å²) in [6.45, 7) is 5.91. The van der Waals surface area contributed by atoms with E-state index in [0.717, 1.165) is 28.9 Å². The Kier molecular flexibility index (Phi) is 12.5. The molecule has 6 nitrogen and oxygen atoms in total. The number of hydrogen-bond donors (Lipinski definition) is 2. The third-order valence-electron chi connectivity index (χ3n) is 4.51. The third kappa shape index (κ3) is 10.4. The van der Waals surface area contributed by atoms with E-state index >= 15 is 0 Å². The molecular weight excluding hydrogens is 525 g/mol. The van der Waals surface area contributed by atoms with Gasteiger partial charge in [-0.15, -0.1) is 24.0 Å². The second-order valence-corrected chi connectivity index (χ2v) is 9.43. The number of guanidine groups is 1. The van der Waals surface area contributed by atoms with Gasteiger partial charge in [0, 0.05) is 25.7 Å². The summed E-state index contributed by atoms with van der Waals surface area (Å²) in [6.07, 6.45) is 1.47. The van der Waals surface area contributed by atoms with Crippen molar-refractivity contribution in [3.8, 4) is 5.75 Å². The monoisotopic (exact) mass is 559 g/mol.